The van der Waals surface area contributed by atoms with Crippen LogP contribution in [0.1, 0.15) is 65.2 Å². The number of rotatable bonds is 0. The standard InChI is InChI=1S/2C9H12O3/c2*1-9-5-3-2-4-6(9)7(10)12-8(9)11/h2*6H,2-5H2,1H3. The Balaban J connectivity index is 0.000000141. The summed E-state index contributed by atoms with van der Waals surface area (Å²) in [7, 11) is 0. The van der Waals surface area contributed by atoms with E-state index in [4.69, 9.17) is 0 Å². The van der Waals surface area contributed by atoms with Crippen molar-refractivity contribution in [1.82, 2.24) is 0 Å². The minimum atomic E-state index is -0.491. The molecule has 24 heavy (non-hydrogen) atoms. The van der Waals surface area contributed by atoms with Crippen LogP contribution < -0.4 is 0 Å². The third-order valence-electron chi connectivity index (χ3n) is 6.30. The molecule has 4 aliphatic rings. The maximum atomic E-state index is 11.3. The van der Waals surface area contributed by atoms with E-state index in [-0.39, 0.29) is 35.7 Å². The van der Waals surface area contributed by atoms with Gasteiger partial charge >= 0.3 is 23.9 Å². The fraction of sp³-hybridized carbons (Fsp3) is 0.778. The fourth-order valence-electron chi connectivity index (χ4n) is 4.47. The van der Waals surface area contributed by atoms with Crippen molar-refractivity contribution in [3.8, 4) is 0 Å². The van der Waals surface area contributed by atoms with Crippen LogP contribution in [-0.2, 0) is 28.7 Å². The smallest absolute Gasteiger partial charge is 0.320 e. The van der Waals surface area contributed by atoms with Crippen LogP contribution in [0.2, 0.25) is 0 Å². The van der Waals surface area contributed by atoms with Crippen LogP contribution in [0.3, 0.4) is 0 Å². The van der Waals surface area contributed by atoms with Crippen molar-refractivity contribution in [3.63, 3.8) is 0 Å². The first-order chi connectivity index (χ1) is 11.3. The van der Waals surface area contributed by atoms with Gasteiger partial charge in [0.2, 0.25) is 0 Å². The van der Waals surface area contributed by atoms with E-state index < -0.39 is 10.8 Å². The Morgan fingerprint density at radius 1 is 0.708 bits per heavy atom. The van der Waals surface area contributed by atoms with E-state index in [1.54, 1.807) is 0 Å². The molecule has 4 rings (SSSR count). The van der Waals surface area contributed by atoms with Crippen LogP contribution in [0, 0.1) is 22.7 Å². The fourth-order valence-corrected chi connectivity index (χ4v) is 4.47. The predicted octanol–water partition coefficient (Wildman–Crippen LogP) is 2.53. The van der Waals surface area contributed by atoms with Gasteiger partial charge in [0.1, 0.15) is 0 Å². The van der Waals surface area contributed by atoms with Gasteiger partial charge < -0.3 is 9.47 Å². The molecule has 0 amide bonds. The van der Waals surface area contributed by atoms with Crippen LogP contribution in [-0.4, -0.2) is 23.9 Å². The second kappa shape index (κ2) is 5.97. The average molecular weight is 336 g/mol. The van der Waals surface area contributed by atoms with E-state index in [2.05, 4.69) is 9.47 Å². The Bertz CT molecular complexity index is 544. The zero-order valence-electron chi connectivity index (χ0n) is 14.3. The minimum Gasteiger partial charge on any atom is -0.392 e. The number of hydrogen-bond acceptors (Lipinski definition) is 6. The summed E-state index contributed by atoms with van der Waals surface area (Å²) in [6.45, 7) is 3.70. The summed E-state index contributed by atoms with van der Waals surface area (Å²) in [5.41, 5.74) is -0.981. The highest BCUT2D eigenvalue weighted by Crippen LogP contribution is 2.47. The molecule has 0 bridgehead atoms. The van der Waals surface area contributed by atoms with Crippen molar-refractivity contribution in [2.75, 3.05) is 0 Å². The van der Waals surface area contributed by atoms with E-state index in [1.807, 2.05) is 13.8 Å². The van der Waals surface area contributed by atoms with E-state index in [9.17, 15) is 19.2 Å². The van der Waals surface area contributed by atoms with Crippen molar-refractivity contribution >= 4 is 23.9 Å². The molecule has 0 N–H and O–H groups in total. The summed E-state index contributed by atoms with van der Waals surface area (Å²) in [4.78, 5) is 45.0. The number of fused-ring (bicyclic) bond motifs is 2. The molecule has 0 aromatic carbocycles. The van der Waals surface area contributed by atoms with E-state index in [0.29, 0.717) is 0 Å². The van der Waals surface area contributed by atoms with Crippen molar-refractivity contribution < 1.29 is 28.7 Å². The summed E-state index contributed by atoms with van der Waals surface area (Å²) >= 11 is 0. The molecule has 2 aliphatic carbocycles. The third-order valence-corrected chi connectivity index (χ3v) is 6.30. The molecule has 0 aromatic rings. The van der Waals surface area contributed by atoms with Crippen LogP contribution in [0.5, 0.6) is 0 Å². The first-order valence-electron chi connectivity index (χ1n) is 8.81. The lowest BCUT2D eigenvalue weighted by atomic mass is 9.69. The van der Waals surface area contributed by atoms with Gasteiger partial charge in [0.25, 0.3) is 0 Å². The highest BCUT2D eigenvalue weighted by Gasteiger charge is 2.55. The average Bonchev–Trinajstić information content (AvgIpc) is 2.91. The molecule has 6 nitrogen and oxygen atoms in total. The Morgan fingerprint density at radius 3 is 1.42 bits per heavy atom. The highest BCUT2D eigenvalue weighted by molar-refractivity contribution is 5.99. The topological polar surface area (TPSA) is 86.7 Å². The van der Waals surface area contributed by atoms with Crippen LogP contribution in [0.15, 0.2) is 0 Å². The molecule has 0 aromatic heterocycles. The first kappa shape index (κ1) is 17.1. The lowest BCUT2D eigenvalue weighted by Crippen LogP contribution is -2.33. The normalized spacial score (nSPS) is 40.9. The van der Waals surface area contributed by atoms with Gasteiger partial charge in [0, 0.05) is 0 Å². The molecule has 2 aliphatic heterocycles. The molecular weight excluding hydrogens is 312 g/mol. The third kappa shape index (κ3) is 2.56. The Morgan fingerprint density at radius 2 is 1.08 bits per heavy atom. The molecule has 4 fully saturated rings. The molecular formula is C18H24O6. The van der Waals surface area contributed by atoms with Crippen molar-refractivity contribution in [3.05, 3.63) is 0 Å². The van der Waals surface area contributed by atoms with Gasteiger partial charge in [-0.2, -0.15) is 0 Å². The summed E-state index contributed by atoms with van der Waals surface area (Å²) in [6, 6.07) is 0. The second-order valence-corrected chi connectivity index (χ2v) is 7.85. The first-order valence-corrected chi connectivity index (χ1v) is 8.81. The van der Waals surface area contributed by atoms with Gasteiger partial charge in [-0.1, -0.05) is 25.7 Å². The minimum absolute atomic E-state index is 0.154. The summed E-state index contributed by atoms with van der Waals surface area (Å²) in [5, 5.41) is 0. The largest absolute Gasteiger partial charge is 0.392 e. The summed E-state index contributed by atoms with van der Waals surface area (Å²) in [5.74, 6) is -1.53. The SMILES string of the molecule is CC12CCCCC1C(=O)OC2=O.CC12CCCCC1C(=O)OC2=O. The molecule has 0 spiro atoms. The van der Waals surface area contributed by atoms with Gasteiger partial charge in [0.15, 0.2) is 0 Å². The van der Waals surface area contributed by atoms with Crippen LogP contribution in [0.25, 0.3) is 0 Å². The number of hydrogen-bond donors (Lipinski definition) is 0. The van der Waals surface area contributed by atoms with Crippen LogP contribution in [0.4, 0.5) is 0 Å². The predicted molar refractivity (Wildman–Crippen MR) is 82.3 cm³/mol. The summed E-state index contributed by atoms with van der Waals surface area (Å²) < 4.78 is 9.27. The number of cyclic esters (lactones) is 4. The quantitative estimate of drug-likeness (QED) is 0.499. The molecule has 6 heteroatoms. The molecule has 2 heterocycles. The van der Waals surface area contributed by atoms with E-state index >= 15 is 0 Å². The molecule has 0 radical (unpaired) electrons. The number of esters is 4. The van der Waals surface area contributed by atoms with Gasteiger partial charge in [-0.15, -0.1) is 0 Å². The molecule has 2 saturated carbocycles. The lowest BCUT2D eigenvalue weighted by Gasteiger charge is -2.29. The van der Waals surface area contributed by atoms with Crippen molar-refractivity contribution in [2.24, 2.45) is 22.7 Å². The monoisotopic (exact) mass is 336 g/mol. The Labute approximate surface area is 141 Å². The van der Waals surface area contributed by atoms with Crippen LogP contribution >= 0.6 is 0 Å². The highest BCUT2D eigenvalue weighted by atomic mass is 16.6. The number of ether oxygens (including phenoxy) is 2. The zero-order valence-corrected chi connectivity index (χ0v) is 14.3. The van der Waals surface area contributed by atoms with Crippen molar-refractivity contribution in [1.29, 1.82) is 0 Å². The zero-order chi connectivity index (χ0) is 17.5. The lowest BCUT2D eigenvalue weighted by molar-refractivity contribution is -0.156. The van der Waals surface area contributed by atoms with Gasteiger partial charge in [-0.05, 0) is 39.5 Å². The second-order valence-electron chi connectivity index (χ2n) is 7.85. The van der Waals surface area contributed by atoms with Gasteiger partial charge in [-0.25, -0.2) is 0 Å². The van der Waals surface area contributed by atoms with Crippen molar-refractivity contribution in [2.45, 2.75) is 65.2 Å². The van der Waals surface area contributed by atoms with E-state index in [0.717, 1.165) is 51.4 Å². The molecule has 132 valence electrons. The Kier molecular flexibility index (Phi) is 4.26. The number of carbonyl (C=O) groups excluding carboxylic acids is 4. The Hall–Kier alpha value is -1.72. The maximum Gasteiger partial charge on any atom is 0.320 e. The maximum absolute atomic E-state index is 11.3. The summed E-state index contributed by atoms with van der Waals surface area (Å²) in [6.07, 6.45) is 7.42. The molecule has 4 atom stereocenters. The molecule has 2 saturated heterocycles. The number of carbonyl (C=O) groups is 4. The van der Waals surface area contributed by atoms with Gasteiger partial charge in [0.05, 0.1) is 22.7 Å². The van der Waals surface area contributed by atoms with Gasteiger partial charge in [-0.3, -0.25) is 19.2 Å². The van der Waals surface area contributed by atoms with E-state index in [1.165, 1.54) is 0 Å². The molecule has 4 unspecified atom stereocenters.